The molecule has 4 nitrogen and oxygen atoms in total. The van der Waals surface area contributed by atoms with Gasteiger partial charge in [0.1, 0.15) is 11.8 Å². The van der Waals surface area contributed by atoms with Crippen LogP contribution < -0.4 is 4.74 Å². The van der Waals surface area contributed by atoms with Crippen molar-refractivity contribution >= 4 is 5.91 Å². The minimum atomic E-state index is -4.91. The molecule has 34 heavy (non-hydrogen) atoms. The highest BCUT2D eigenvalue weighted by Gasteiger charge is 2.37. The van der Waals surface area contributed by atoms with Crippen LogP contribution in [0.3, 0.4) is 0 Å². The number of alkyl halides is 6. The summed E-state index contributed by atoms with van der Waals surface area (Å²) in [4.78, 5) is 16.8. The van der Waals surface area contributed by atoms with Crippen molar-refractivity contribution in [1.29, 1.82) is 0 Å². The van der Waals surface area contributed by atoms with Gasteiger partial charge >= 0.3 is 12.4 Å². The number of benzene rings is 2. The summed E-state index contributed by atoms with van der Waals surface area (Å²) in [6, 6.07) is 7.98. The molecule has 0 saturated carbocycles. The van der Waals surface area contributed by atoms with Crippen molar-refractivity contribution in [3.05, 3.63) is 64.7 Å². The summed E-state index contributed by atoms with van der Waals surface area (Å²) in [6.45, 7) is 1.39. The summed E-state index contributed by atoms with van der Waals surface area (Å²) < 4.78 is 84.1. The number of carbonyl (C=O) groups excluding carboxylic acids is 1. The van der Waals surface area contributed by atoms with Gasteiger partial charge in [-0.2, -0.15) is 26.3 Å². The van der Waals surface area contributed by atoms with Gasteiger partial charge in [-0.25, -0.2) is 0 Å². The highest BCUT2D eigenvalue weighted by Crippen LogP contribution is 2.36. The van der Waals surface area contributed by atoms with Crippen LogP contribution in [0.25, 0.3) is 0 Å². The molecule has 0 aliphatic carbocycles. The molecule has 0 spiro atoms. The Kier molecular flexibility index (Phi) is 7.80. The smallest absolute Gasteiger partial charge is 0.416 e. The molecule has 1 atom stereocenters. The minimum absolute atomic E-state index is 0.0360. The van der Waals surface area contributed by atoms with Gasteiger partial charge < -0.3 is 9.64 Å². The number of hydrogen-bond acceptors (Lipinski definition) is 3. The Morgan fingerprint density at radius 3 is 2.12 bits per heavy atom. The van der Waals surface area contributed by atoms with E-state index in [9.17, 15) is 31.1 Å². The fraction of sp³-hybridized carbons (Fsp3) is 0.458. The molecule has 2 aromatic rings. The molecule has 1 amide bonds. The average Bonchev–Trinajstić information content (AvgIpc) is 3.30. The number of methoxy groups -OCH3 is 1. The maximum absolute atomic E-state index is 13.4. The quantitative estimate of drug-likeness (QED) is 0.478. The van der Waals surface area contributed by atoms with Gasteiger partial charge in [0.05, 0.1) is 18.2 Å². The Balaban J connectivity index is 1.82. The zero-order chi connectivity index (χ0) is 25.1. The van der Waals surface area contributed by atoms with E-state index in [0.29, 0.717) is 31.0 Å². The topological polar surface area (TPSA) is 32.8 Å². The molecule has 0 aromatic heterocycles. The van der Waals surface area contributed by atoms with E-state index in [1.807, 2.05) is 4.90 Å². The van der Waals surface area contributed by atoms with E-state index in [2.05, 4.69) is 0 Å². The Labute approximate surface area is 194 Å². The van der Waals surface area contributed by atoms with Gasteiger partial charge in [-0.1, -0.05) is 12.1 Å². The number of likely N-dealkylation sites (tertiary alicyclic amines) is 1. The molecule has 0 radical (unpaired) electrons. The highest BCUT2D eigenvalue weighted by molar-refractivity contribution is 5.83. The van der Waals surface area contributed by atoms with Crippen LogP contribution in [0.4, 0.5) is 26.3 Å². The molecule has 1 unspecified atom stereocenters. The number of nitrogens with zero attached hydrogens (tertiary/aromatic N) is 2. The third kappa shape index (κ3) is 6.22. The van der Waals surface area contributed by atoms with Crippen molar-refractivity contribution < 1.29 is 35.9 Å². The predicted octanol–water partition coefficient (Wildman–Crippen LogP) is 5.57. The molecule has 1 fully saturated rings. The Hall–Kier alpha value is -2.75. The van der Waals surface area contributed by atoms with Crippen molar-refractivity contribution in [1.82, 2.24) is 9.80 Å². The maximum atomic E-state index is 13.4. The molecule has 0 N–H and O–H groups in total. The van der Waals surface area contributed by atoms with Gasteiger partial charge in [0, 0.05) is 13.6 Å². The second kappa shape index (κ2) is 10.2. The largest absolute Gasteiger partial charge is 0.497 e. The fourth-order valence-electron chi connectivity index (χ4n) is 4.10. The van der Waals surface area contributed by atoms with E-state index < -0.39 is 29.5 Å². The number of carbonyl (C=O) groups is 1. The lowest BCUT2D eigenvalue weighted by molar-refractivity contribution is -0.143. The Bertz CT molecular complexity index is 967. The van der Waals surface area contributed by atoms with Crippen molar-refractivity contribution in [2.75, 3.05) is 33.8 Å². The Morgan fingerprint density at radius 2 is 1.59 bits per heavy atom. The molecule has 186 valence electrons. The molecule has 1 heterocycles. The lowest BCUT2D eigenvalue weighted by atomic mass is 10.0. The maximum Gasteiger partial charge on any atom is 0.416 e. The third-order valence-electron chi connectivity index (χ3n) is 5.91. The summed E-state index contributed by atoms with van der Waals surface area (Å²) >= 11 is 0. The Morgan fingerprint density at radius 1 is 1.00 bits per heavy atom. The van der Waals surface area contributed by atoms with Crippen LogP contribution in [0.15, 0.2) is 42.5 Å². The van der Waals surface area contributed by atoms with Crippen LogP contribution >= 0.6 is 0 Å². The van der Waals surface area contributed by atoms with Crippen LogP contribution in [-0.4, -0.2) is 49.5 Å². The van der Waals surface area contributed by atoms with Gasteiger partial charge in [-0.05, 0) is 73.8 Å². The molecule has 10 heteroatoms. The second-order valence-corrected chi connectivity index (χ2v) is 8.35. The molecule has 2 aromatic carbocycles. The highest BCUT2D eigenvalue weighted by atomic mass is 19.4. The van der Waals surface area contributed by atoms with E-state index in [4.69, 9.17) is 4.74 Å². The van der Waals surface area contributed by atoms with E-state index >= 15 is 0 Å². The molecular formula is C24H26F6N2O2. The summed E-state index contributed by atoms with van der Waals surface area (Å²) in [7, 11) is 3.02. The molecule has 0 bridgehead atoms. The molecule has 1 aliphatic rings. The lowest BCUT2D eigenvalue weighted by Crippen LogP contribution is -2.41. The van der Waals surface area contributed by atoms with Crippen LogP contribution in [-0.2, 0) is 23.6 Å². The first-order valence-electron chi connectivity index (χ1n) is 10.8. The monoisotopic (exact) mass is 488 g/mol. The van der Waals surface area contributed by atoms with Crippen molar-refractivity contribution in [2.45, 2.75) is 37.7 Å². The van der Waals surface area contributed by atoms with Crippen LogP contribution in [0.2, 0.25) is 0 Å². The molecule has 3 rings (SSSR count). The standard InChI is InChI=1S/C24H26F6N2O2/c1-31(11-8-16-12-18(23(25,26)27)15-19(13-16)24(28,29)30)22(33)21(32-9-3-4-10-32)17-6-5-7-20(14-17)34-2/h5-7,12-15,21H,3-4,8-11H2,1-2H3. The van der Waals surface area contributed by atoms with Crippen LogP contribution in [0, 0.1) is 0 Å². The first-order valence-corrected chi connectivity index (χ1v) is 10.8. The fourth-order valence-corrected chi connectivity index (χ4v) is 4.10. The van der Waals surface area contributed by atoms with Gasteiger partial charge in [0.15, 0.2) is 0 Å². The van der Waals surface area contributed by atoms with E-state index in [-0.39, 0.29) is 30.5 Å². The summed E-state index contributed by atoms with van der Waals surface area (Å²) in [6.07, 6.45) is -8.11. The summed E-state index contributed by atoms with van der Waals surface area (Å²) in [5.74, 6) is 0.305. The first kappa shape index (κ1) is 25.9. The minimum Gasteiger partial charge on any atom is -0.497 e. The zero-order valence-corrected chi connectivity index (χ0v) is 18.8. The number of hydrogen-bond donors (Lipinski definition) is 0. The van der Waals surface area contributed by atoms with Crippen LogP contribution in [0.5, 0.6) is 5.75 Å². The van der Waals surface area contributed by atoms with E-state index in [0.717, 1.165) is 18.4 Å². The number of halogens is 6. The lowest BCUT2D eigenvalue weighted by Gasteiger charge is -2.31. The SMILES string of the molecule is COc1cccc(C(C(=O)N(C)CCc2cc(C(F)(F)F)cc(C(F)(F)F)c2)N2CCCC2)c1. The van der Waals surface area contributed by atoms with Crippen molar-refractivity contribution in [2.24, 2.45) is 0 Å². The second-order valence-electron chi connectivity index (χ2n) is 8.35. The third-order valence-corrected chi connectivity index (χ3v) is 5.91. The van der Waals surface area contributed by atoms with Gasteiger partial charge in [-0.15, -0.1) is 0 Å². The van der Waals surface area contributed by atoms with Gasteiger partial charge in [-0.3, -0.25) is 9.69 Å². The molecule has 1 aliphatic heterocycles. The predicted molar refractivity (Wildman–Crippen MR) is 114 cm³/mol. The van der Waals surface area contributed by atoms with E-state index in [1.165, 1.54) is 19.1 Å². The van der Waals surface area contributed by atoms with Crippen molar-refractivity contribution in [3.8, 4) is 5.75 Å². The molecular weight excluding hydrogens is 462 g/mol. The average molecular weight is 488 g/mol. The summed E-state index contributed by atoms with van der Waals surface area (Å²) in [5, 5.41) is 0. The van der Waals surface area contributed by atoms with Gasteiger partial charge in [0.2, 0.25) is 5.91 Å². The van der Waals surface area contributed by atoms with Gasteiger partial charge in [0.25, 0.3) is 0 Å². The number of rotatable bonds is 7. The summed E-state index contributed by atoms with van der Waals surface area (Å²) in [5.41, 5.74) is -2.15. The normalized spacial score (nSPS) is 15.9. The number of ether oxygens (including phenoxy) is 1. The number of amides is 1. The van der Waals surface area contributed by atoms with Crippen LogP contribution in [0.1, 0.15) is 41.1 Å². The molecule has 1 saturated heterocycles. The number of likely N-dealkylation sites (N-methyl/N-ethyl adjacent to an activating group) is 1. The zero-order valence-electron chi connectivity index (χ0n) is 18.8. The van der Waals surface area contributed by atoms with Crippen molar-refractivity contribution in [3.63, 3.8) is 0 Å². The van der Waals surface area contributed by atoms with E-state index in [1.54, 1.807) is 24.3 Å². The first-order chi connectivity index (χ1) is 15.9.